The molecule has 0 heterocycles. The Balaban J connectivity index is 1.81. The topological polar surface area (TPSA) is 95.5 Å². The third kappa shape index (κ3) is 7.27. The zero-order valence-corrected chi connectivity index (χ0v) is 14.7. The molecule has 3 N–H and O–H groups in total. The third-order valence-corrected chi connectivity index (χ3v) is 3.87. The largest absolute Gasteiger partial charge is 0.481 e. The summed E-state index contributed by atoms with van der Waals surface area (Å²) in [5.74, 6) is -2.12. The number of carboxylic acid groups (broad SMARTS) is 1. The van der Waals surface area contributed by atoms with E-state index in [1.54, 1.807) is 0 Å². The molecular weight excluding hydrogens is 351 g/mol. The van der Waals surface area contributed by atoms with Gasteiger partial charge in [0, 0.05) is 13.0 Å². The number of benzene rings is 2. The van der Waals surface area contributed by atoms with E-state index in [0.29, 0.717) is 5.56 Å². The van der Waals surface area contributed by atoms with Gasteiger partial charge in [0.1, 0.15) is 5.82 Å². The van der Waals surface area contributed by atoms with Crippen LogP contribution in [0.3, 0.4) is 0 Å². The molecule has 1 atom stereocenters. The molecular formula is C20H21FN2O4. The standard InChI is InChI=1S/C20H21FN2O4/c21-16-8-6-15(7-9-16)17(13-20(26)27)23-18(24)10-11-22-19(25)12-14-4-2-1-3-5-14/h1-9,17H,10-13H2,(H,22,25)(H,23,24)(H,26,27). The summed E-state index contributed by atoms with van der Waals surface area (Å²) < 4.78 is 13.0. The minimum absolute atomic E-state index is 0.0117. The van der Waals surface area contributed by atoms with Crippen molar-refractivity contribution in [2.75, 3.05) is 6.54 Å². The van der Waals surface area contributed by atoms with Crippen LogP contribution >= 0.6 is 0 Å². The number of halogens is 1. The maximum Gasteiger partial charge on any atom is 0.305 e. The average Bonchev–Trinajstić information content (AvgIpc) is 2.62. The predicted octanol–water partition coefficient (Wildman–Crippen LogP) is 2.21. The number of rotatable bonds is 9. The number of carbonyl (C=O) groups excluding carboxylic acids is 2. The van der Waals surface area contributed by atoms with E-state index in [2.05, 4.69) is 10.6 Å². The zero-order valence-electron chi connectivity index (χ0n) is 14.7. The Hall–Kier alpha value is -3.22. The van der Waals surface area contributed by atoms with Gasteiger partial charge in [-0.3, -0.25) is 14.4 Å². The van der Waals surface area contributed by atoms with Gasteiger partial charge in [0.05, 0.1) is 18.9 Å². The fourth-order valence-electron chi connectivity index (χ4n) is 2.55. The van der Waals surface area contributed by atoms with Gasteiger partial charge in [-0.15, -0.1) is 0 Å². The minimum atomic E-state index is -1.08. The molecule has 0 aliphatic carbocycles. The van der Waals surface area contributed by atoms with Crippen LogP contribution in [0.25, 0.3) is 0 Å². The van der Waals surface area contributed by atoms with E-state index in [0.717, 1.165) is 5.56 Å². The molecule has 142 valence electrons. The van der Waals surface area contributed by atoms with E-state index in [9.17, 15) is 18.8 Å². The quantitative estimate of drug-likeness (QED) is 0.629. The van der Waals surface area contributed by atoms with Gasteiger partial charge in [-0.05, 0) is 23.3 Å². The summed E-state index contributed by atoms with van der Waals surface area (Å²) in [5, 5.41) is 14.3. The maximum absolute atomic E-state index is 13.0. The summed E-state index contributed by atoms with van der Waals surface area (Å²) in [5.41, 5.74) is 1.37. The summed E-state index contributed by atoms with van der Waals surface area (Å²) in [6.45, 7) is 0.140. The Labute approximate surface area is 156 Å². The van der Waals surface area contributed by atoms with E-state index in [-0.39, 0.29) is 31.7 Å². The summed E-state index contributed by atoms with van der Waals surface area (Å²) in [6.07, 6.45) is -0.0880. The first-order chi connectivity index (χ1) is 12.9. The minimum Gasteiger partial charge on any atom is -0.481 e. The van der Waals surface area contributed by atoms with Crippen LogP contribution in [0.4, 0.5) is 4.39 Å². The van der Waals surface area contributed by atoms with Crippen molar-refractivity contribution in [2.24, 2.45) is 0 Å². The van der Waals surface area contributed by atoms with Gasteiger partial charge < -0.3 is 15.7 Å². The lowest BCUT2D eigenvalue weighted by molar-refractivity contribution is -0.137. The van der Waals surface area contributed by atoms with Crippen LogP contribution in [-0.4, -0.2) is 29.4 Å². The Morgan fingerprint density at radius 3 is 2.26 bits per heavy atom. The fourth-order valence-corrected chi connectivity index (χ4v) is 2.55. The number of aliphatic carboxylic acids is 1. The van der Waals surface area contributed by atoms with Crippen molar-refractivity contribution >= 4 is 17.8 Å². The highest BCUT2D eigenvalue weighted by Crippen LogP contribution is 2.17. The molecule has 2 aromatic rings. The van der Waals surface area contributed by atoms with Crippen LogP contribution in [0.2, 0.25) is 0 Å². The lowest BCUT2D eigenvalue weighted by atomic mass is 10.0. The molecule has 0 aliphatic heterocycles. The van der Waals surface area contributed by atoms with Gasteiger partial charge in [-0.2, -0.15) is 0 Å². The number of hydrogen-bond acceptors (Lipinski definition) is 3. The van der Waals surface area contributed by atoms with Crippen LogP contribution in [0, 0.1) is 5.82 Å². The molecule has 2 amide bonds. The van der Waals surface area contributed by atoms with E-state index in [1.807, 2.05) is 30.3 Å². The van der Waals surface area contributed by atoms with Crippen molar-refractivity contribution in [2.45, 2.75) is 25.3 Å². The molecule has 2 aromatic carbocycles. The lowest BCUT2D eigenvalue weighted by Gasteiger charge is -2.17. The fraction of sp³-hybridized carbons (Fsp3) is 0.250. The predicted molar refractivity (Wildman–Crippen MR) is 97.3 cm³/mol. The molecule has 2 rings (SSSR count). The number of carboxylic acids is 1. The van der Waals surface area contributed by atoms with Crippen LogP contribution in [0.1, 0.15) is 30.0 Å². The second kappa shape index (κ2) is 10.1. The van der Waals surface area contributed by atoms with Gasteiger partial charge in [0.2, 0.25) is 11.8 Å². The summed E-state index contributed by atoms with van der Waals surface area (Å²) >= 11 is 0. The summed E-state index contributed by atoms with van der Waals surface area (Å²) in [7, 11) is 0. The molecule has 0 aliphatic rings. The van der Waals surface area contributed by atoms with Crippen molar-refractivity contribution in [3.8, 4) is 0 Å². The van der Waals surface area contributed by atoms with Gasteiger partial charge >= 0.3 is 5.97 Å². The van der Waals surface area contributed by atoms with E-state index < -0.39 is 23.7 Å². The first-order valence-electron chi connectivity index (χ1n) is 8.51. The third-order valence-electron chi connectivity index (χ3n) is 3.87. The Morgan fingerprint density at radius 1 is 0.963 bits per heavy atom. The van der Waals surface area contributed by atoms with Crippen LogP contribution in [0.15, 0.2) is 54.6 Å². The van der Waals surface area contributed by atoms with E-state index in [4.69, 9.17) is 5.11 Å². The number of hydrogen-bond donors (Lipinski definition) is 3. The molecule has 0 aromatic heterocycles. The molecule has 0 radical (unpaired) electrons. The second-order valence-electron chi connectivity index (χ2n) is 6.03. The van der Waals surface area contributed by atoms with Crippen LogP contribution in [0.5, 0.6) is 0 Å². The maximum atomic E-state index is 13.0. The Kier molecular flexibility index (Phi) is 7.49. The second-order valence-corrected chi connectivity index (χ2v) is 6.03. The van der Waals surface area contributed by atoms with Crippen LogP contribution < -0.4 is 10.6 Å². The number of nitrogens with one attached hydrogen (secondary N) is 2. The van der Waals surface area contributed by atoms with Crippen molar-refractivity contribution in [1.29, 1.82) is 0 Å². The molecule has 0 saturated heterocycles. The van der Waals surface area contributed by atoms with E-state index >= 15 is 0 Å². The first-order valence-corrected chi connectivity index (χ1v) is 8.51. The van der Waals surface area contributed by atoms with Crippen molar-refractivity contribution in [3.05, 3.63) is 71.5 Å². The SMILES string of the molecule is O=C(O)CC(NC(=O)CCNC(=O)Cc1ccccc1)c1ccc(F)cc1. The molecule has 0 bridgehead atoms. The molecule has 27 heavy (non-hydrogen) atoms. The molecule has 0 fully saturated rings. The monoisotopic (exact) mass is 372 g/mol. The average molecular weight is 372 g/mol. The Morgan fingerprint density at radius 2 is 1.63 bits per heavy atom. The molecule has 0 spiro atoms. The van der Waals surface area contributed by atoms with Crippen molar-refractivity contribution in [1.82, 2.24) is 10.6 Å². The van der Waals surface area contributed by atoms with E-state index in [1.165, 1.54) is 24.3 Å². The first kappa shape index (κ1) is 20.1. The number of carbonyl (C=O) groups is 3. The van der Waals surface area contributed by atoms with Crippen molar-refractivity contribution in [3.63, 3.8) is 0 Å². The summed E-state index contributed by atoms with van der Waals surface area (Å²) in [4.78, 5) is 35.0. The van der Waals surface area contributed by atoms with Gasteiger partial charge in [-0.25, -0.2) is 4.39 Å². The Bertz CT molecular complexity index is 778. The number of amides is 2. The highest BCUT2D eigenvalue weighted by atomic mass is 19.1. The van der Waals surface area contributed by atoms with Gasteiger partial charge in [0.25, 0.3) is 0 Å². The van der Waals surface area contributed by atoms with Crippen LogP contribution in [-0.2, 0) is 20.8 Å². The lowest BCUT2D eigenvalue weighted by Crippen LogP contribution is -2.34. The smallest absolute Gasteiger partial charge is 0.305 e. The highest BCUT2D eigenvalue weighted by molar-refractivity contribution is 5.81. The molecule has 6 nitrogen and oxygen atoms in total. The molecule has 7 heteroatoms. The zero-order chi connectivity index (χ0) is 19.6. The highest BCUT2D eigenvalue weighted by Gasteiger charge is 2.18. The van der Waals surface area contributed by atoms with Gasteiger partial charge in [-0.1, -0.05) is 42.5 Å². The summed E-state index contributed by atoms with van der Waals surface area (Å²) in [6, 6.07) is 13.7. The normalized spacial score (nSPS) is 11.4. The molecule has 1 unspecified atom stereocenters. The van der Waals surface area contributed by atoms with Gasteiger partial charge in [0.15, 0.2) is 0 Å². The van der Waals surface area contributed by atoms with Crippen molar-refractivity contribution < 1.29 is 23.9 Å². The molecule has 0 saturated carbocycles.